The number of aldehydes is 1. The van der Waals surface area contributed by atoms with Crippen LogP contribution in [0.2, 0.25) is 0 Å². The van der Waals surface area contributed by atoms with Gasteiger partial charge in [0.15, 0.2) is 0 Å². The van der Waals surface area contributed by atoms with Crippen LogP contribution in [0.3, 0.4) is 0 Å². The molecule has 0 aliphatic carbocycles. The Morgan fingerprint density at radius 3 is 2.86 bits per heavy atom. The number of hydrogen-bond donors (Lipinski definition) is 0. The van der Waals surface area contributed by atoms with Gasteiger partial charge in [0.25, 0.3) is 0 Å². The largest absolute Gasteiger partial charge is 0.341 e. The van der Waals surface area contributed by atoms with Crippen LogP contribution in [0.5, 0.6) is 0 Å². The first-order valence-corrected chi connectivity index (χ1v) is 7.69. The summed E-state index contributed by atoms with van der Waals surface area (Å²) in [6.45, 7) is 5.64. The predicted octanol–water partition coefficient (Wildman–Crippen LogP) is 3.79. The lowest BCUT2D eigenvalue weighted by atomic mass is 10.2. The Labute approximate surface area is 131 Å². The SMILES string of the molecule is CCn1nc(C)c(Br)c1Cn1ccc2ccc(C=O)cc21. The molecule has 0 amide bonds. The zero-order valence-electron chi connectivity index (χ0n) is 12.0. The van der Waals surface area contributed by atoms with Gasteiger partial charge < -0.3 is 4.57 Å². The molecule has 0 bridgehead atoms. The van der Waals surface area contributed by atoms with E-state index in [4.69, 9.17) is 0 Å². The third-order valence-electron chi connectivity index (χ3n) is 3.71. The van der Waals surface area contributed by atoms with Crippen molar-refractivity contribution in [1.82, 2.24) is 14.3 Å². The van der Waals surface area contributed by atoms with E-state index in [0.29, 0.717) is 5.56 Å². The van der Waals surface area contributed by atoms with E-state index in [2.05, 4.69) is 38.6 Å². The molecule has 4 nitrogen and oxygen atoms in total. The fraction of sp³-hybridized carbons (Fsp3) is 0.250. The van der Waals surface area contributed by atoms with E-state index in [1.807, 2.05) is 36.0 Å². The highest BCUT2D eigenvalue weighted by atomic mass is 79.9. The van der Waals surface area contributed by atoms with Crippen LogP contribution in [-0.4, -0.2) is 20.6 Å². The molecule has 0 radical (unpaired) electrons. The Balaban J connectivity index is 2.08. The molecular formula is C16H16BrN3O. The lowest BCUT2D eigenvalue weighted by Gasteiger charge is -2.09. The van der Waals surface area contributed by atoms with Gasteiger partial charge in [0.2, 0.25) is 0 Å². The van der Waals surface area contributed by atoms with Gasteiger partial charge >= 0.3 is 0 Å². The third kappa shape index (κ3) is 2.42. The quantitative estimate of drug-likeness (QED) is 0.675. The zero-order chi connectivity index (χ0) is 15.0. The molecule has 0 N–H and O–H groups in total. The fourth-order valence-corrected chi connectivity index (χ4v) is 3.00. The van der Waals surface area contributed by atoms with Crippen molar-refractivity contribution in [2.45, 2.75) is 26.9 Å². The maximum atomic E-state index is 11.0. The second kappa shape index (κ2) is 5.48. The highest BCUT2D eigenvalue weighted by Gasteiger charge is 2.13. The van der Waals surface area contributed by atoms with E-state index >= 15 is 0 Å². The number of rotatable bonds is 4. The van der Waals surface area contributed by atoms with E-state index in [0.717, 1.165) is 46.1 Å². The summed E-state index contributed by atoms with van der Waals surface area (Å²) < 4.78 is 5.21. The van der Waals surface area contributed by atoms with Crippen LogP contribution in [0.1, 0.15) is 28.7 Å². The third-order valence-corrected chi connectivity index (χ3v) is 4.74. The minimum atomic E-state index is 0.696. The number of fused-ring (bicyclic) bond motifs is 1. The van der Waals surface area contributed by atoms with E-state index in [-0.39, 0.29) is 0 Å². The number of benzene rings is 1. The molecule has 0 fully saturated rings. The number of carbonyl (C=O) groups excluding carboxylic acids is 1. The highest BCUT2D eigenvalue weighted by Crippen LogP contribution is 2.24. The summed E-state index contributed by atoms with van der Waals surface area (Å²) in [4.78, 5) is 11.0. The van der Waals surface area contributed by atoms with Crippen molar-refractivity contribution in [1.29, 1.82) is 0 Å². The van der Waals surface area contributed by atoms with Gasteiger partial charge in [-0.3, -0.25) is 9.48 Å². The summed E-state index contributed by atoms with van der Waals surface area (Å²) in [5, 5.41) is 5.66. The van der Waals surface area contributed by atoms with Gasteiger partial charge in [-0.2, -0.15) is 5.10 Å². The van der Waals surface area contributed by atoms with Crippen molar-refractivity contribution in [3.8, 4) is 0 Å². The monoisotopic (exact) mass is 345 g/mol. The van der Waals surface area contributed by atoms with Crippen LogP contribution in [0.4, 0.5) is 0 Å². The first-order chi connectivity index (χ1) is 10.1. The van der Waals surface area contributed by atoms with Gasteiger partial charge in [-0.05, 0) is 47.3 Å². The number of nitrogens with zero attached hydrogens (tertiary/aromatic N) is 3. The summed E-state index contributed by atoms with van der Waals surface area (Å²) in [5.74, 6) is 0. The second-order valence-corrected chi connectivity index (χ2v) is 5.83. The Bertz CT molecular complexity index is 816. The molecule has 0 saturated carbocycles. The van der Waals surface area contributed by atoms with Crippen molar-refractivity contribution in [3.63, 3.8) is 0 Å². The molecule has 0 saturated heterocycles. The van der Waals surface area contributed by atoms with Gasteiger partial charge in [0.05, 0.1) is 22.4 Å². The number of aromatic nitrogens is 3. The number of aryl methyl sites for hydroxylation is 2. The number of carbonyl (C=O) groups is 1. The Morgan fingerprint density at radius 2 is 2.14 bits per heavy atom. The molecule has 108 valence electrons. The van der Waals surface area contributed by atoms with Crippen molar-refractivity contribution in [3.05, 3.63) is 51.9 Å². The molecule has 0 spiro atoms. The highest BCUT2D eigenvalue weighted by molar-refractivity contribution is 9.10. The molecule has 0 aliphatic rings. The Hall–Kier alpha value is -1.88. The van der Waals surface area contributed by atoms with Crippen LogP contribution in [0, 0.1) is 6.92 Å². The van der Waals surface area contributed by atoms with Crippen molar-refractivity contribution in [2.75, 3.05) is 0 Å². The van der Waals surface area contributed by atoms with E-state index < -0.39 is 0 Å². The first kappa shape index (κ1) is 14.1. The predicted molar refractivity (Wildman–Crippen MR) is 86.8 cm³/mol. The van der Waals surface area contributed by atoms with Gasteiger partial charge in [-0.15, -0.1) is 0 Å². The van der Waals surface area contributed by atoms with Crippen molar-refractivity contribution >= 4 is 33.1 Å². The fourth-order valence-electron chi connectivity index (χ4n) is 2.59. The Morgan fingerprint density at radius 1 is 1.33 bits per heavy atom. The summed E-state index contributed by atoms with van der Waals surface area (Å²) in [5.41, 5.74) is 3.90. The zero-order valence-corrected chi connectivity index (χ0v) is 13.6. The van der Waals surface area contributed by atoms with E-state index in [1.165, 1.54) is 0 Å². The second-order valence-electron chi connectivity index (χ2n) is 5.04. The van der Waals surface area contributed by atoms with E-state index in [9.17, 15) is 4.79 Å². The summed E-state index contributed by atoms with van der Waals surface area (Å²) in [6.07, 6.45) is 2.93. The maximum Gasteiger partial charge on any atom is 0.150 e. The van der Waals surface area contributed by atoms with Gasteiger partial charge in [-0.1, -0.05) is 12.1 Å². The Kier molecular flexibility index (Phi) is 3.68. The van der Waals surface area contributed by atoms with Gasteiger partial charge in [-0.25, -0.2) is 0 Å². The van der Waals surface area contributed by atoms with Crippen LogP contribution in [-0.2, 0) is 13.1 Å². The molecule has 1 aromatic carbocycles. The average Bonchev–Trinajstić information content (AvgIpc) is 3.02. The van der Waals surface area contributed by atoms with Gasteiger partial charge in [0, 0.05) is 23.8 Å². The molecule has 5 heteroatoms. The minimum Gasteiger partial charge on any atom is -0.341 e. The molecule has 21 heavy (non-hydrogen) atoms. The normalized spacial score (nSPS) is 11.2. The molecule has 3 rings (SSSR count). The lowest BCUT2D eigenvalue weighted by Crippen LogP contribution is -2.07. The summed E-state index contributed by atoms with van der Waals surface area (Å²) in [6, 6.07) is 7.82. The number of hydrogen-bond acceptors (Lipinski definition) is 2. The molecule has 3 aromatic rings. The van der Waals surface area contributed by atoms with Crippen LogP contribution in [0.15, 0.2) is 34.9 Å². The lowest BCUT2D eigenvalue weighted by molar-refractivity contribution is 0.112. The average molecular weight is 346 g/mol. The van der Waals surface area contributed by atoms with Crippen LogP contribution >= 0.6 is 15.9 Å². The molecule has 2 heterocycles. The van der Waals surface area contributed by atoms with Gasteiger partial charge in [0.1, 0.15) is 6.29 Å². The van der Waals surface area contributed by atoms with Crippen LogP contribution < -0.4 is 0 Å². The summed E-state index contributed by atoms with van der Waals surface area (Å²) in [7, 11) is 0. The standard InChI is InChI=1S/C16H16BrN3O/c1-3-20-15(16(17)11(2)18-20)9-19-7-6-13-5-4-12(10-21)8-14(13)19/h4-8,10H,3,9H2,1-2H3. The molecule has 0 aliphatic heterocycles. The summed E-state index contributed by atoms with van der Waals surface area (Å²) >= 11 is 3.63. The van der Waals surface area contributed by atoms with Crippen molar-refractivity contribution in [2.24, 2.45) is 0 Å². The van der Waals surface area contributed by atoms with Crippen molar-refractivity contribution < 1.29 is 4.79 Å². The van der Waals surface area contributed by atoms with Crippen LogP contribution in [0.25, 0.3) is 10.9 Å². The molecule has 0 atom stereocenters. The smallest absolute Gasteiger partial charge is 0.150 e. The maximum absolute atomic E-state index is 11.0. The first-order valence-electron chi connectivity index (χ1n) is 6.90. The molecule has 0 unspecified atom stereocenters. The topological polar surface area (TPSA) is 39.8 Å². The molecular weight excluding hydrogens is 330 g/mol. The van der Waals surface area contributed by atoms with E-state index in [1.54, 1.807) is 0 Å². The minimum absolute atomic E-state index is 0.696. The number of halogens is 1. The molecule has 2 aromatic heterocycles.